The second-order valence-corrected chi connectivity index (χ2v) is 7.85. The molecule has 2 aliphatic rings. The molecular weight excluding hydrogens is 445 g/mol. The van der Waals surface area contributed by atoms with Crippen molar-refractivity contribution in [2.75, 3.05) is 39.3 Å². The number of fused-ring (bicyclic) bond motifs is 1. The minimum absolute atomic E-state index is 0.0540. The predicted octanol–water partition coefficient (Wildman–Crippen LogP) is 2.01. The maximum absolute atomic E-state index is 12.9. The van der Waals surface area contributed by atoms with Crippen LogP contribution in [0.1, 0.15) is 30.1 Å². The zero-order valence-electron chi connectivity index (χ0n) is 18.3. The normalized spacial score (nSPS) is 22.9. The Morgan fingerprint density at radius 3 is 2.58 bits per heavy atom. The van der Waals surface area contributed by atoms with E-state index in [9.17, 15) is 22.8 Å². The number of hydrogen-bond donors (Lipinski definition) is 1. The quantitative estimate of drug-likeness (QED) is 0.512. The summed E-state index contributed by atoms with van der Waals surface area (Å²) >= 11 is 0. The summed E-state index contributed by atoms with van der Waals surface area (Å²) < 4.78 is 37.2. The van der Waals surface area contributed by atoms with Gasteiger partial charge in [0, 0.05) is 38.6 Å². The van der Waals surface area contributed by atoms with E-state index in [1.54, 1.807) is 6.07 Å². The lowest BCUT2D eigenvalue weighted by molar-refractivity contribution is -0.192. The zero-order chi connectivity index (χ0) is 24.6. The summed E-state index contributed by atoms with van der Waals surface area (Å²) in [5.74, 6) is -2.88. The largest absolute Gasteiger partial charge is 0.490 e. The van der Waals surface area contributed by atoms with Crippen LogP contribution in [0.15, 0.2) is 31.1 Å². The van der Waals surface area contributed by atoms with Gasteiger partial charge in [0.1, 0.15) is 0 Å². The van der Waals surface area contributed by atoms with E-state index in [0.29, 0.717) is 31.8 Å². The molecule has 2 atom stereocenters. The summed E-state index contributed by atoms with van der Waals surface area (Å²) in [6.45, 7) is 9.38. The summed E-state index contributed by atoms with van der Waals surface area (Å²) in [5.41, 5.74) is -0.00514. The number of nitrogens with zero attached hydrogens (tertiary/aromatic N) is 4. The molecule has 1 aromatic heterocycles. The van der Waals surface area contributed by atoms with E-state index in [4.69, 9.17) is 14.6 Å². The second kappa shape index (κ2) is 11.2. The summed E-state index contributed by atoms with van der Waals surface area (Å²) in [4.78, 5) is 38.7. The number of alkyl halides is 3. The number of carboxylic acid groups (broad SMARTS) is 1. The van der Waals surface area contributed by atoms with Gasteiger partial charge in [-0.15, -0.1) is 6.58 Å². The first-order valence-electron chi connectivity index (χ1n) is 10.4. The van der Waals surface area contributed by atoms with Gasteiger partial charge in [-0.25, -0.2) is 4.79 Å². The number of carbonyl (C=O) groups is 3. The number of aromatic nitrogens is 2. The number of amides is 1. The topological polar surface area (TPSA) is 113 Å². The van der Waals surface area contributed by atoms with Crippen molar-refractivity contribution in [3.63, 3.8) is 0 Å². The highest BCUT2D eigenvalue weighted by atomic mass is 19.4. The molecule has 0 radical (unpaired) electrons. The number of esters is 1. The van der Waals surface area contributed by atoms with Gasteiger partial charge in [-0.2, -0.15) is 23.4 Å². The van der Waals surface area contributed by atoms with Crippen LogP contribution < -0.4 is 0 Å². The third-order valence-electron chi connectivity index (χ3n) is 5.69. The van der Waals surface area contributed by atoms with Crippen molar-refractivity contribution in [3.05, 3.63) is 36.7 Å². The average molecular weight is 472 g/mol. The van der Waals surface area contributed by atoms with Crippen molar-refractivity contribution < 1.29 is 37.4 Å². The fourth-order valence-electron chi connectivity index (χ4n) is 4.25. The van der Waals surface area contributed by atoms with Gasteiger partial charge in [0.05, 0.1) is 30.0 Å². The molecule has 2 aliphatic heterocycles. The average Bonchev–Trinajstić information content (AvgIpc) is 3.01. The number of aliphatic carboxylic acids is 1. The number of likely N-dealkylation sites (tertiary alicyclic amines) is 2. The van der Waals surface area contributed by atoms with Crippen LogP contribution in [0.2, 0.25) is 0 Å². The lowest BCUT2D eigenvalue weighted by atomic mass is 9.75. The molecule has 2 fully saturated rings. The highest BCUT2D eigenvalue weighted by molar-refractivity contribution is 5.94. The molecule has 0 unspecified atom stereocenters. The van der Waals surface area contributed by atoms with Crippen LogP contribution in [0.5, 0.6) is 0 Å². The molecule has 1 amide bonds. The lowest BCUT2D eigenvalue weighted by Gasteiger charge is -2.31. The molecule has 0 aliphatic carbocycles. The van der Waals surface area contributed by atoms with Crippen molar-refractivity contribution in [2.45, 2.75) is 25.9 Å². The predicted molar refractivity (Wildman–Crippen MR) is 110 cm³/mol. The van der Waals surface area contributed by atoms with E-state index >= 15 is 0 Å². The Morgan fingerprint density at radius 2 is 2.03 bits per heavy atom. The highest BCUT2D eigenvalue weighted by Crippen LogP contribution is 2.43. The number of ether oxygens (including phenoxy) is 1. The molecule has 1 aromatic rings. The Hall–Kier alpha value is -3.02. The maximum atomic E-state index is 12.9. The van der Waals surface area contributed by atoms with Gasteiger partial charge in [0.15, 0.2) is 0 Å². The first kappa shape index (κ1) is 26.2. The van der Waals surface area contributed by atoms with Crippen molar-refractivity contribution in [2.24, 2.45) is 11.3 Å². The third-order valence-corrected chi connectivity index (χ3v) is 5.69. The molecule has 1 N–H and O–H groups in total. The van der Waals surface area contributed by atoms with Gasteiger partial charge in [0.2, 0.25) is 0 Å². The number of carboxylic acids is 1. The van der Waals surface area contributed by atoms with Crippen molar-refractivity contribution >= 4 is 17.8 Å². The lowest BCUT2D eigenvalue weighted by Crippen LogP contribution is -2.43. The second-order valence-electron chi connectivity index (χ2n) is 7.85. The van der Waals surface area contributed by atoms with Crippen LogP contribution in [-0.2, 0) is 14.3 Å². The summed E-state index contributed by atoms with van der Waals surface area (Å²) in [7, 11) is 0. The summed E-state index contributed by atoms with van der Waals surface area (Å²) in [6, 6.07) is 1.68. The minimum Gasteiger partial charge on any atom is -0.475 e. The van der Waals surface area contributed by atoms with E-state index in [1.807, 2.05) is 17.9 Å². The molecule has 0 saturated carbocycles. The Balaban J connectivity index is 0.000000479. The Kier molecular flexibility index (Phi) is 8.91. The molecule has 33 heavy (non-hydrogen) atoms. The fourth-order valence-corrected chi connectivity index (χ4v) is 4.25. The number of rotatable bonds is 5. The summed E-state index contributed by atoms with van der Waals surface area (Å²) in [5, 5.41) is 14.7. The van der Waals surface area contributed by atoms with Gasteiger partial charge in [-0.05, 0) is 25.8 Å². The van der Waals surface area contributed by atoms with Crippen LogP contribution in [0.3, 0.4) is 0 Å². The monoisotopic (exact) mass is 472 g/mol. The third kappa shape index (κ3) is 6.50. The molecular formula is C21H27F3N4O5. The molecule has 0 bridgehead atoms. The first-order valence-corrected chi connectivity index (χ1v) is 10.4. The molecule has 12 heteroatoms. The van der Waals surface area contributed by atoms with Crippen LogP contribution in [-0.4, -0.2) is 88.5 Å². The zero-order valence-corrected chi connectivity index (χ0v) is 18.3. The summed E-state index contributed by atoms with van der Waals surface area (Å²) in [6.07, 6.45) is 1.31. The Labute approximate surface area is 189 Å². The SMILES string of the molecule is C=CCN1C[C@@H]2CN(C(=O)c3ccnnc3)CCC[C@]2(C(=O)OCC)C1.O=C(O)C(F)(F)F. The maximum Gasteiger partial charge on any atom is 0.490 e. The highest BCUT2D eigenvalue weighted by Gasteiger charge is 2.54. The van der Waals surface area contributed by atoms with Crippen molar-refractivity contribution in [1.82, 2.24) is 20.0 Å². The van der Waals surface area contributed by atoms with Crippen LogP contribution >= 0.6 is 0 Å². The number of halogens is 3. The van der Waals surface area contributed by atoms with Gasteiger partial charge in [-0.1, -0.05) is 6.08 Å². The molecule has 0 aromatic carbocycles. The van der Waals surface area contributed by atoms with E-state index in [0.717, 1.165) is 25.9 Å². The van der Waals surface area contributed by atoms with E-state index in [2.05, 4.69) is 21.7 Å². The van der Waals surface area contributed by atoms with Crippen LogP contribution in [0, 0.1) is 11.3 Å². The molecule has 2 saturated heterocycles. The molecule has 9 nitrogen and oxygen atoms in total. The van der Waals surface area contributed by atoms with E-state index < -0.39 is 17.6 Å². The van der Waals surface area contributed by atoms with E-state index in [1.165, 1.54) is 12.4 Å². The van der Waals surface area contributed by atoms with Crippen LogP contribution in [0.25, 0.3) is 0 Å². The van der Waals surface area contributed by atoms with E-state index in [-0.39, 0.29) is 17.8 Å². The number of hydrogen-bond acceptors (Lipinski definition) is 7. The molecule has 3 heterocycles. The standard InChI is InChI=1S/C19H26N4O3.C2HF3O2/c1-3-9-22-12-16-13-23(17(24)15-6-8-20-21-11-15)10-5-7-19(16,14-22)18(25)26-4-2;3-2(4,5)1(6)7/h3,6,8,11,16H,1,4-5,7,9-10,12-14H2,2H3;(H,6,7)/t16-,19+;/m1./s1. The van der Waals surface area contributed by atoms with Gasteiger partial charge >= 0.3 is 18.1 Å². The Bertz CT molecular complexity index is 852. The van der Waals surface area contributed by atoms with Gasteiger partial charge in [-0.3, -0.25) is 14.5 Å². The molecule has 182 valence electrons. The minimum atomic E-state index is -5.08. The van der Waals surface area contributed by atoms with Crippen molar-refractivity contribution in [3.8, 4) is 0 Å². The molecule has 3 rings (SSSR count). The molecule has 0 spiro atoms. The van der Waals surface area contributed by atoms with Crippen molar-refractivity contribution in [1.29, 1.82) is 0 Å². The Morgan fingerprint density at radius 1 is 1.33 bits per heavy atom. The fraction of sp³-hybridized carbons (Fsp3) is 0.571. The van der Waals surface area contributed by atoms with Crippen LogP contribution in [0.4, 0.5) is 13.2 Å². The first-order chi connectivity index (χ1) is 15.5. The van der Waals surface area contributed by atoms with Gasteiger partial charge < -0.3 is 14.7 Å². The number of carbonyl (C=O) groups excluding carboxylic acids is 2. The smallest absolute Gasteiger partial charge is 0.475 e. The van der Waals surface area contributed by atoms with Gasteiger partial charge in [0.25, 0.3) is 5.91 Å².